The second kappa shape index (κ2) is 9.87. The Morgan fingerprint density at radius 3 is 2.64 bits per heavy atom. The molecule has 1 N–H and O–H groups in total. The molecule has 28 heavy (non-hydrogen) atoms. The van der Waals surface area contributed by atoms with Crippen LogP contribution in [0.5, 0.6) is 0 Å². The molecule has 3 aliphatic heterocycles. The van der Waals surface area contributed by atoms with Crippen LogP contribution in [0.25, 0.3) is 0 Å². The van der Waals surface area contributed by atoms with Crippen LogP contribution < -0.4 is 5.32 Å². The molecule has 5 unspecified atom stereocenters. The molecule has 3 heterocycles. The molecular weight excluding hydrogens is 344 g/mol. The van der Waals surface area contributed by atoms with Crippen molar-refractivity contribution in [2.24, 2.45) is 27.7 Å². The number of nitrogens with one attached hydrogen (secondary N) is 1. The number of hydrogen-bond donors (Lipinski definition) is 1. The summed E-state index contributed by atoms with van der Waals surface area (Å²) in [6.07, 6.45) is 12.4. The smallest absolute Gasteiger partial charge is 0.105 e. The van der Waals surface area contributed by atoms with Crippen molar-refractivity contribution in [2.45, 2.75) is 78.8 Å². The molecule has 1 saturated heterocycles. The molecule has 0 bridgehead atoms. The Hall–Kier alpha value is -1.42. The van der Waals surface area contributed by atoms with E-state index in [1.807, 2.05) is 6.21 Å². The van der Waals surface area contributed by atoms with Gasteiger partial charge in [-0.25, -0.2) is 4.99 Å². The maximum absolute atomic E-state index is 5.06. The zero-order valence-corrected chi connectivity index (χ0v) is 18.6. The van der Waals surface area contributed by atoms with Crippen molar-refractivity contribution in [3.8, 4) is 0 Å². The fraction of sp³-hybridized carbons (Fsp3) is 0.750. The number of likely N-dealkylation sites (tertiary alicyclic amines) is 1. The van der Waals surface area contributed by atoms with Crippen LogP contribution in [-0.2, 0) is 0 Å². The van der Waals surface area contributed by atoms with Gasteiger partial charge >= 0.3 is 0 Å². The van der Waals surface area contributed by atoms with Crippen LogP contribution in [0.15, 0.2) is 33.4 Å². The van der Waals surface area contributed by atoms with Crippen LogP contribution in [-0.4, -0.2) is 48.7 Å². The van der Waals surface area contributed by atoms with Gasteiger partial charge in [0, 0.05) is 50.1 Å². The molecule has 4 heteroatoms. The fourth-order valence-electron chi connectivity index (χ4n) is 4.89. The minimum atomic E-state index is 0.395. The van der Waals surface area contributed by atoms with E-state index in [0.717, 1.165) is 37.6 Å². The molecule has 0 radical (unpaired) electrons. The van der Waals surface area contributed by atoms with Gasteiger partial charge in [-0.1, -0.05) is 39.2 Å². The van der Waals surface area contributed by atoms with Crippen molar-refractivity contribution >= 4 is 12.1 Å². The zero-order chi connectivity index (χ0) is 20.1. The standard InChI is InChI=1S/C24H40N4/c1-6-21-13-24(28-15-17(3)22(7-2)16-28)27-19(5)12-23(21)26-14-20-9-8-18(4)25-11-10-20/h10-12,17-18,21-23,26H,6-9,13-16H2,1-5H3. The summed E-state index contributed by atoms with van der Waals surface area (Å²) in [5.41, 5.74) is 2.64. The van der Waals surface area contributed by atoms with Gasteiger partial charge in [-0.15, -0.1) is 0 Å². The van der Waals surface area contributed by atoms with Crippen molar-refractivity contribution in [2.75, 3.05) is 19.6 Å². The van der Waals surface area contributed by atoms with E-state index < -0.39 is 0 Å². The van der Waals surface area contributed by atoms with Crippen molar-refractivity contribution < 1.29 is 0 Å². The Kier molecular flexibility index (Phi) is 7.50. The Balaban J connectivity index is 1.63. The van der Waals surface area contributed by atoms with Crippen LogP contribution in [0.2, 0.25) is 0 Å². The van der Waals surface area contributed by atoms with Crippen LogP contribution in [0.1, 0.15) is 66.7 Å². The summed E-state index contributed by atoms with van der Waals surface area (Å²) in [6.45, 7) is 14.7. The molecule has 0 amide bonds. The minimum Gasteiger partial charge on any atom is -0.359 e. The molecular formula is C24H40N4. The highest BCUT2D eigenvalue weighted by atomic mass is 15.2. The number of rotatable bonds is 5. The Bertz CT molecular complexity index is 645. The number of aliphatic imine (C=N–C) groups is 2. The predicted octanol–water partition coefficient (Wildman–Crippen LogP) is 4.83. The highest BCUT2D eigenvalue weighted by molar-refractivity contribution is 5.84. The second-order valence-electron chi connectivity index (χ2n) is 9.18. The van der Waals surface area contributed by atoms with E-state index in [2.05, 4.69) is 62.0 Å². The summed E-state index contributed by atoms with van der Waals surface area (Å²) in [6, 6.07) is 0.842. The van der Waals surface area contributed by atoms with Crippen LogP contribution in [0.3, 0.4) is 0 Å². The Morgan fingerprint density at radius 2 is 1.93 bits per heavy atom. The van der Waals surface area contributed by atoms with Gasteiger partial charge in [-0.3, -0.25) is 4.99 Å². The predicted molar refractivity (Wildman–Crippen MR) is 121 cm³/mol. The molecule has 3 rings (SSSR count). The molecule has 0 saturated carbocycles. The first kappa shape index (κ1) is 21.3. The summed E-state index contributed by atoms with van der Waals surface area (Å²) in [5, 5.41) is 3.85. The zero-order valence-electron chi connectivity index (χ0n) is 18.6. The van der Waals surface area contributed by atoms with Gasteiger partial charge in [-0.2, -0.15) is 0 Å². The summed E-state index contributed by atoms with van der Waals surface area (Å²) in [4.78, 5) is 12.2. The largest absolute Gasteiger partial charge is 0.359 e. The lowest BCUT2D eigenvalue weighted by atomic mass is 9.92. The summed E-state index contributed by atoms with van der Waals surface area (Å²) < 4.78 is 0. The van der Waals surface area contributed by atoms with Gasteiger partial charge in [-0.05, 0) is 56.6 Å². The van der Waals surface area contributed by atoms with Gasteiger partial charge in [0.25, 0.3) is 0 Å². The van der Waals surface area contributed by atoms with Gasteiger partial charge < -0.3 is 10.2 Å². The molecule has 0 aromatic rings. The van der Waals surface area contributed by atoms with Crippen molar-refractivity contribution in [3.05, 3.63) is 23.4 Å². The maximum atomic E-state index is 5.06. The summed E-state index contributed by atoms with van der Waals surface area (Å²) in [7, 11) is 0. The lowest BCUT2D eigenvalue weighted by Gasteiger charge is -2.27. The molecule has 4 nitrogen and oxygen atoms in total. The first-order chi connectivity index (χ1) is 13.5. The maximum Gasteiger partial charge on any atom is 0.105 e. The summed E-state index contributed by atoms with van der Waals surface area (Å²) in [5.74, 6) is 3.52. The van der Waals surface area contributed by atoms with Gasteiger partial charge in [0.05, 0.1) is 0 Å². The van der Waals surface area contributed by atoms with E-state index in [0.29, 0.717) is 18.0 Å². The summed E-state index contributed by atoms with van der Waals surface area (Å²) >= 11 is 0. The van der Waals surface area contributed by atoms with Crippen LogP contribution >= 0.6 is 0 Å². The van der Waals surface area contributed by atoms with E-state index in [9.17, 15) is 0 Å². The number of hydrogen-bond acceptors (Lipinski definition) is 4. The lowest BCUT2D eigenvalue weighted by molar-refractivity contribution is 0.391. The van der Waals surface area contributed by atoms with Gasteiger partial charge in [0.2, 0.25) is 0 Å². The Labute approximate surface area is 172 Å². The first-order valence-corrected chi connectivity index (χ1v) is 11.5. The van der Waals surface area contributed by atoms with E-state index in [1.165, 1.54) is 43.0 Å². The highest BCUT2D eigenvalue weighted by Crippen LogP contribution is 2.30. The Morgan fingerprint density at radius 1 is 1.14 bits per heavy atom. The minimum absolute atomic E-state index is 0.395. The quantitative estimate of drug-likeness (QED) is 0.737. The van der Waals surface area contributed by atoms with E-state index >= 15 is 0 Å². The van der Waals surface area contributed by atoms with E-state index in [-0.39, 0.29) is 0 Å². The third kappa shape index (κ3) is 5.34. The van der Waals surface area contributed by atoms with Crippen LogP contribution in [0.4, 0.5) is 0 Å². The molecule has 0 aromatic heterocycles. The van der Waals surface area contributed by atoms with Crippen molar-refractivity contribution in [3.63, 3.8) is 0 Å². The normalized spacial score (nSPS) is 33.8. The molecule has 5 atom stereocenters. The first-order valence-electron chi connectivity index (χ1n) is 11.5. The monoisotopic (exact) mass is 384 g/mol. The van der Waals surface area contributed by atoms with E-state index in [4.69, 9.17) is 4.99 Å². The second-order valence-corrected chi connectivity index (χ2v) is 9.18. The third-order valence-corrected chi connectivity index (χ3v) is 6.96. The van der Waals surface area contributed by atoms with Gasteiger partial charge in [0.15, 0.2) is 0 Å². The van der Waals surface area contributed by atoms with Crippen molar-refractivity contribution in [1.82, 2.24) is 10.2 Å². The number of allylic oxidation sites excluding steroid dienone is 2. The fourth-order valence-corrected chi connectivity index (χ4v) is 4.89. The van der Waals surface area contributed by atoms with Crippen molar-refractivity contribution in [1.29, 1.82) is 0 Å². The molecule has 0 spiro atoms. The molecule has 0 aromatic carbocycles. The molecule has 1 fully saturated rings. The molecule has 0 aliphatic carbocycles. The molecule has 3 aliphatic rings. The average molecular weight is 385 g/mol. The average Bonchev–Trinajstić information content (AvgIpc) is 2.82. The highest BCUT2D eigenvalue weighted by Gasteiger charge is 2.32. The SMILES string of the molecule is CCC1CN(C2=NC(C)=CC(NCC3=CC=NC(C)CC3)C(CC)C2)CC1C. The third-order valence-electron chi connectivity index (χ3n) is 6.96. The lowest BCUT2D eigenvalue weighted by Crippen LogP contribution is -2.38. The van der Waals surface area contributed by atoms with Gasteiger partial charge in [0.1, 0.15) is 5.84 Å². The molecule has 156 valence electrons. The van der Waals surface area contributed by atoms with E-state index in [1.54, 1.807) is 0 Å². The topological polar surface area (TPSA) is 40.0 Å². The number of nitrogens with zero attached hydrogens (tertiary/aromatic N) is 3. The van der Waals surface area contributed by atoms with Crippen LogP contribution in [0, 0.1) is 17.8 Å². The number of amidine groups is 1.